The maximum absolute atomic E-state index is 10.7. The number of rotatable bonds is 7. The van der Waals surface area contributed by atoms with Crippen LogP contribution in [0.1, 0.15) is 39.5 Å². The molecule has 1 N–H and O–H groups in total. The minimum Gasteiger partial charge on any atom is -0.382 e. The van der Waals surface area contributed by atoms with Gasteiger partial charge in [-0.15, -0.1) is 0 Å². The van der Waals surface area contributed by atoms with Crippen molar-refractivity contribution in [2.24, 2.45) is 0 Å². The second-order valence-corrected chi connectivity index (χ2v) is 4.75. The molecule has 0 aliphatic carbocycles. The van der Waals surface area contributed by atoms with Gasteiger partial charge in [-0.05, 0) is 25.0 Å². The molecular formula is C13H19ClN2O2. The summed E-state index contributed by atoms with van der Waals surface area (Å²) in [6.07, 6.45) is 4.39. The van der Waals surface area contributed by atoms with Gasteiger partial charge in [0.15, 0.2) is 0 Å². The van der Waals surface area contributed by atoms with Gasteiger partial charge in [0.05, 0.1) is 4.92 Å². The summed E-state index contributed by atoms with van der Waals surface area (Å²) >= 11 is 5.88. The Morgan fingerprint density at radius 3 is 2.39 bits per heavy atom. The van der Waals surface area contributed by atoms with Crippen LogP contribution in [-0.4, -0.2) is 11.0 Å². The predicted molar refractivity (Wildman–Crippen MR) is 75.3 cm³/mol. The number of nitro groups is 1. The first-order valence-electron chi connectivity index (χ1n) is 6.29. The van der Waals surface area contributed by atoms with Crippen molar-refractivity contribution in [2.45, 2.75) is 45.6 Å². The number of hydrogen-bond acceptors (Lipinski definition) is 3. The third-order valence-electron chi connectivity index (χ3n) is 2.79. The van der Waals surface area contributed by atoms with E-state index >= 15 is 0 Å². The summed E-state index contributed by atoms with van der Waals surface area (Å²) in [7, 11) is 0. The van der Waals surface area contributed by atoms with Gasteiger partial charge in [-0.2, -0.15) is 0 Å². The van der Waals surface area contributed by atoms with E-state index in [1.807, 2.05) is 0 Å². The fourth-order valence-corrected chi connectivity index (χ4v) is 2.22. The number of anilines is 1. The van der Waals surface area contributed by atoms with Gasteiger partial charge >= 0.3 is 0 Å². The van der Waals surface area contributed by atoms with Gasteiger partial charge in [0.1, 0.15) is 5.02 Å². The highest BCUT2D eigenvalue weighted by Crippen LogP contribution is 2.28. The molecule has 18 heavy (non-hydrogen) atoms. The largest absolute Gasteiger partial charge is 0.382 e. The van der Waals surface area contributed by atoms with E-state index in [-0.39, 0.29) is 10.7 Å². The van der Waals surface area contributed by atoms with E-state index in [1.165, 1.54) is 6.07 Å². The molecule has 0 amide bonds. The molecule has 0 aliphatic rings. The standard InChI is InChI=1S/C13H19ClN2O2/c1-3-5-10(6-4-2)15-11-7-8-13(16(17)18)12(14)9-11/h7-10,15H,3-6H2,1-2H3. The average molecular weight is 271 g/mol. The van der Waals surface area contributed by atoms with Gasteiger partial charge in [0, 0.05) is 17.8 Å². The molecule has 0 aromatic heterocycles. The Labute approximate surface area is 112 Å². The Balaban J connectivity index is 2.77. The summed E-state index contributed by atoms with van der Waals surface area (Å²) < 4.78 is 0. The second kappa shape index (κ2) is 7.21. The topological polar surface area (TPSA) is 55.2 Å². The predicted octanol–water partition coefficient (Wildman–Crippen LogP) is 4.63. The first-order valence-corrected chi connectivity index (χ1v) is 6.66. The molecule has 0 saturated carbocycles. The van der Waals surface area contributed by atoms with Gasteiger partial charge in [0.25, 0.3) is 5.69 Å². The lowest BCUT2D eigenvalue weighted by atomic mass is 10.1. The Morgan fingerprint density at radius 1 is 1.33 bits per heavy atom. The molecule has 0 spiro atoms. The highest BCUT2D eigenvalue weighted by molar-refractivity contribution is 6.32. The van der Waals surface area contributed by atoms with Crippen LogP contribution < -0.4 is 5.32 Å². The van der Waals surface area contributed by atoms with Crippen molar-refractivity contribution < 1.29 is 4.92 Å². The molecule has 0 saturated heterocycles. The van der Waals surface area contributed by atoms with Crippen LogP contribution in [0.2, 0.25) is 5.02 Å². The summed E-state index contributed by atoms with van der Waals surface area (Å²) in [5, 5.41) is 14.2. The van der Waals surface area contributed by atoms with Gasteiger partial charge < -0.3 is 5.32 Å². The van der Waals surface area contributed by atoms with Gasteiger partial charge in [0.2, 0.25) is 0 Å². The highest BCUT2D eigenvalue weighted by Gasteiger charge is 2.13. The quantitative estimate of drug-likeness (QED) is 0.580. The Hall–Kier alpha value is -1.29. The molecule has 0 bridgehead atoms. The Bertz CT molecular complexity index is 404. The Kier molecular flexibility index (Phi) is 5.92. The van der Waals surface area contributed by atoms with Crippen molar-refractivity contribution in [3.05, 3.63) is 33.3 Å². The van der Waals surface area contributed by atoms with Gasteiger partial charge in [-0.25, -0.2) is 0 Å². The van der Waals surface area contributed by atoms with Crippen LogP contribution in [0.4, 0.5) is 11.4 Å². The Morgan fingerprint density at radius 2 is 1.94 bits per heavy atom. The normalized spacial score (nSPS) is 10.7. The van der Waals surface area contributed by atoms with Crippen molar-refractivity contribution in [2.75, 3.05) is 5.32 Å². The van der Waals surface area contributed by atoms with E-state index in [2.05, 4.69) is 19.2 Å². The van der Waals surface area contributed by atoms with Crippen LogP contribution in [0.25, 0.3) is 0 Å². The molecule has 1 aromatic carbocycles. The molecule has 100 valence electrons. The molecular weight excluding hydrogens is 252 g/mol. The zero-order valence-corrected chi connectivity index (χ0v) is 11.5. The molecule has 1 aromatic rings. The van der Waals surface area contributed by atoms with Crippen LogP contribution in [0.3, 0.4) is 0 Å². The zero-order valence-electron chi connectivity index (χ0n) is 10.8. The van der Waals surface area contributed by atoms with Crippen LogP contribution in [0.15, 0.2) is 18.2 Å². The van der Waals surface area contributed by atoms with E-state index < -0.39 is 4.92 Å². The van der Waals surface area contributed by atoms with Crippen molar-refractivity contribution in [1.29, 1.82) is 0 Å². The lowest BCUT2D eigenvalue weighted by Gasteiger charge is -2.18. The maximum atomic E-state index is 10.7. The van der Waals surface area contributed by atoms with Gasteiger partial charge in [-0.3, -0.25) is 10.1 Å². The molecule has 0 aliphatic heterocycles. The van der Waals surface area contributed by atoms with Crippen molar-refractivity contribution in [1.82, 2.24) is 0 Å². The molecule has 0 atom stereocenters. The van der Waals surface area contributed by atoms with Crippen LogP contribution >= 0.6 is 11.6 Å². The zero-order chi connectivity index (χ0) is 13.5. The smallest absolute Gasteiger partial charge is 0.288 e. The summed E-state index contributed by atoms with van der Waals surface area (Å²) in [6.45, 7) is 4.29. The summed E-state index contributed by atoms with van der Waals surface area (Å²) in [6, 6.07) is 5.18. The van der Waals surface area contributed by atoms with E-state index in [9.17, 15) is 10.1 Å². The first-order chi connectivity index (χ1) is 8.58. The number of hydrogen-bond donors (Lipinski definition) is 1. The summed E-state index contributed by atoms with van der Waals surface area (Å²) in [5.41, 5.74) is 0.794. The number of nitro benzene ring substituents is 1. The molecule has 0 heterocycles. The minimum absolute atomic E-state index is 0.0512. The number of nitrogens with zero attached hydrogens (tertiary/aromatic N) is 1. The lowest BCUT2D eigenvalue weighted by Crippen LogP contribution is -2.18. The van der Waals surface area contributed by atoms with Gasteiger partial charge in [-0.1, -0.05) is 38.3 Å². The van der Waals surface area contributed by atoms with E-state index in [0.717, 1.165) is 31.4 Å². The molecule has 0 radical (unpaired) electrons. The summed E-state index contributed by atoms with van der Waals surface area (Å²) in [5.74, 6) is 0. The third-order valence-corrected chi connectivity index (χ3v) is 3.09. The molecule has 0 fully saturated rings. The lowest BCUT2D eigenvalue weighted by molar-refractivity contribution is -0.384. The van der Waals surface area contributed by atoms with Crippen molar-refractivity contribution >= 4 is 23.0 Å². The summed E-state index contributed by atoms with van der Waals surface area (Å²) in [4.78, 5) is 10.2. The first kappa shape index (κ1) is 14.8. The minimum atomic E-state index is -0.471. The van der Waals surface area contributed by atoms with Crippen LogP contribution in [0.5, 0.6) is 0 Å². The van der Waals surface area contributed by atoms with Crippen molar-refractivity contribution in [3.63, 3.8) is 0 Å². The SMILES string of the molecule is CCCC(CCC)Nc1ccc([N+](=O)[O-])c(Cl)c1. The van der Waals surface area contributed by atoms with Crippen molar-refractivity contribution in [3.8, 4) is 0 Å². The fourth-order valence-electron chi connectivity index (χ4n) is 1.97. The highest BCUT2D eigenvalue weighted by atomic mass is 35.5. The molecule has 1 rings (SSSR count). The number of benzene rings is 1. The van der Waals surface area contributed by atoms with Crippen LogP contribution in [-0.2, 0) is 0 Å². The molecule has 0 unspecified atom stereocenters. The monoisotopic (exact) mass is 270 g/mol. The van der Waals surface area contributed by atoms with E-state index in [4.69, 9.17) is 11.6 Å². The average Bonchev–Trinajstić information content (AvgIpc) is 2.29. The molecule has 4 nitrogen and oxygen atoms in total. The van der Waals surface area contributed by atoms with E-state index in [1.54, 1.807) is 12.1 Å². The number of nitrogens with one attached hydrogen (secondary N) is 1. The van der Waals surface area contributed by atoms with Crippen LogP contribution in [0, 0.1) is 10.1 Å². The molecule has 5 heteroatoms. The van der Waals surface area contributed by atoms with E-state index in [0.29, 0.717) is 6.04 Å². The fraction of sp³-hybridized carbons (Fsp3) is 0.538. The second-order valence-electron chi connectivity index (χ2n) is 4.34. The third kappa shape index (κ3) is 4.18. The maximum Gasteiger partial charge on any atom is 0.288 e. The number of halogens is 1.